The van der Waals surface area contributed by atoms with E-state index in [2.05, 4.69) is 0 Å². The Balaban J connectivity index is 2.42. The maximum Gasteiger partial charge on any atom is 0.137 e. The highest BCUT2D eigenvalue weighted by Gasteiger charge is 2.24. The van der Waals surface area contributed by atoms with Crippen LogP contribution in [0, 0.1) is 0 Å². The lowest BCUT2D eigenvalue weighted by Gasteiger charge is -2.23. The van der Waals surface area contributed by atoms with Crippen molar-refractivity contribution in [3.8, 4) is 5.75 Å². The Hall–Kier alpha value is -1.31. The minimum atomic E-state index is 0.0462. The van der Waals surface area contributed by atoms with Gasteiger partial charge in [-0.3, -0.25) is 4.79 Å². The highest BCUT2D eigenvalue weighted by atomic mass is 16.5. The van der Waals surface area contributed by atoms with Gasteiger partial charge in [0.05, 0.1) is 6.61 Å². The van der Waals surface area contributed by atoms with Crippen molar-refractivity contribution in [1.29, 1.82) is 0 Å². The van der Waals surface area contributed by atoms with Gasteiger partial charge in [0.2, 0.25) is 0 Å². The van der Waals surface area contributed by atoms with Crippen LogP contribution in [0.2, 0.25) is 0 Å². The SMILES string of the molecule is CC(=O)C1CCOc2ccccc21. The molecule has 0 spiro atoms. The van der Waals surface area contributed by atoms with Gasteiger partial charge in [0.15, 0.2) is 0 Å². The standard InChI is InChI=1S/C11H12O2/c1-8(12)9-6-7-13-11-5-3-2-4-10(9)11/h2-5,9H,6-7H2,1H3. The summed E-state index contributed by atoms with van der Waals surface area (Å²) < 4.78 is 5.45. The smallest absolute Gasteiger partial charge is 0.137 e. The largest absolute Gasteiger partial charge is 0.493 e. The number of fused-ring (bicyclic) bond motifs is 1. The van der Waals surface area contributed by atoms with Gasteiger partial charge in [0.1, 0.15) is 11.5 Å². The predicted molar refractivity (Wildman–Crippen MR) is 50.0 cm³/mol. The Morgan fingerprint density at radius 2 is 2.23 bits per heavy atom. The minimum absolute atomic E-state index is 0.0462. The number of ketones is 1. The van der Waals surface area contributed by atoms with Crippen molar-refractivity contribution in [1.82, 2.24) is 0 Å². The zero-order chi connectivity index (χ0) is 9.26. The first-order valence-corrected chi connectivity index (χ1v) is 4.51. The third-order valence-electron chi connectivity index (χ3n) is 2.45. The molecule has 2 rings (SSSR count). The fraction of sp³-hybridized carbons (Fsp3) is 0.364. The molecular formula is C11H12O2. The van der Waals surface area contributed by atoms with E-state index in [9.17, 15) is 4.79 Å². The number of para-hydroxylation sites is 1. The van der Waals surface area contributed by atoms with Gasteiger partial charge in [-0.2, -0.15) is 0 Å². The van der Waals surface area contributed by atoms with Crippen LogP contribution in [0.4, 0.5) is 0 Å². The molecule has 1 aromatic rings. The fourth-order valence-electron chi connectivity index (χ4n) is 1.76. The van der Waals surface area contributed by atoms with Gasteiger partial charge in [-0.05, 0) is 19.4 Å². The Kier molecular flexibility index (Phi) is 2.05. The van der Waals surface area contributed by atoms with Crippen LogP contribution in [-0.4, -0.2) is 12.4 Å². The highest BCUT2D eigenvalue weighted by Crippen LogP contribution is 2.33. The van der Waals surface area contributed by atoms with Crippen molar-refractivity contribution in [3.63, 3.8) is 0 Å². The van der Waals surface area contributed by atoms with E-state index in [0.717, 1.165) is 17.7 Å². The second-order valence-corrected chi connectivity index (χ2v) is 3.34. The van der Waals surface area contributed by atoms with Crippen molar-refractivity contribution in [2.24, 2.45) is 0 Å². The maximum atomic E-state index is 11.3. The summed E-state index contributed by atoms with van der Waals surface area (Å²) in [4.78, 5) is 11.3. The number of Topliss-reactive ketones (excluding diaryl/α,β-unsaturated/α-hetero) is 1. The predicted octanol–water partition coefficient (Wildman–Crippen LogP) is 2.14. The van der Waals surface area contributed by atoms with Gasteiger partial charge >= 0.3 is 0 Å². The Bertz CT molecular complexity index is 331. The van der Waals surface area contributed by atoms with E-state index < -0.39 is 0 Å². The quantitative estimate of drug-likeness (QED) is 0.655. The average molecular weight is 176 g/mol. The monoisotopic (exact) mass is 176 g/mol. The number of carbonyl (C=O) groups excluding carboxylic acids is 1. The molecule has 1 unspecified atom stereocenters. The summed E-state index contributed by atoms with van der Waals surface area (Å²) in [5.41, 5.74) is 1.04. The molecular weight excluding hydrogens is 164 g/mol. The Morgan fingerprint density at radius 3 is 3.00 bits per heavy atom. The zero-order valence-corrected chi connectivity index (χ0v) is 7.62. The van der Waals surface area contributed by atoms with Gasteiger partial charge in [0.25, 0.3) is 0 Å². The topological polar surface area (TPSA) is 26.3 Å². The van der Waals surface area contributed by atoms with Gasteiger partial charge in [-0.15, -0.1) is 0 Å². The molecule has 0 aromatic heterocycles. The molecule has 1 aliphatic rings. The summed E-state index contributed by atoms with van der Waals surface area (Å²) in [5, 5.41) is 0. The number of hydrogen-bond acceptors (Lipinski definition) is 2. The molecule has 0 radical (unpaired) electrons. The third-order valence-corrected chi connectivity index (χ3v) is 2.45. The molecule has 0 aliphatic carbocycles. The summed E-state index contributed by atoms with van der Waals surface area (Å²) in [6.45, 7) is 2.30. The molecule has 0 bridgehead atoms. The third kappa shape index (κ3) is 1.44. The average Bonchev–Trinajstić information content (AvgIpc) is 2.17. The van der Waals surface area contributed by atoms with Crippen LogP contribution in [-0.2, 0) is 4.79 Å². The van der Waals surface area contributed by atoms with Crippen LogP contribution in [0.5, 0.6) is 5.75 Å². The highest BCUT2D eigenvalue weighted by molar-refractivity contribution is 5.84. The molecule has 2 nitrogen and oxygen atoms in total. The van der Waals surface area contributed by atoms with Crippen molar-refractivity contribution >= 4 is 5.78 Å². The van der Waals surface area contributed by atoms with E-state index in [1.54, 1.807) is 6.92 Å². The number of rotatable bonds is 1. The Labute approximate surface area is 77.5 Å². The van der Waals surface area contributed by atoms with E-state index in [1.807, 2.05) is 24.3 Å². The second-order valence-electron chi connectivity index (χ2n) is 3.34. The van der Waals surface area contributed by atoms with Gasteiger partial charge in [0, 0.05) is 11.5 Å². The number of ether oxygens (including phenoxy) is 1. The number of benzene rings is 1. The van der Waals surface area contributed by atoms with Crippen molar-refractivity contribution in [3.05, 3.63) is 29.8 Å². The van der Waals surface area contributed by atoms with E-state index >= 15 is 0 Å². The van der Waals surface area contributed by atoms with Gasteiger partial charge in [-0.25, -0.2) is 0 Å². The summed E-state index contributed by atoms with van der Waals surface area (Å²) >= 11 is 0. The molecule has 0 saturated heterocycles. The lowest BCUT2D eigenvalue weighted by Crippen LogP contribution is -2.19. The van der Waals surface area contributed by atoms with Crippen molar-refractivity contribution in [2.75, 3.05) is 6.61 Å². The summed E-state index contributed by atoms with van der Waals surface area (Å²) in [5.74, 6) is 1.15. The Morgan fingerprint density at radius 1 is 1.46 bits per heavy atom. The second kappa shape index (κ2) is 3.21. The van der Waals surface area contributed by atoms with Gasteiger partial charge < -0.3 is 4.74 Å². The van der Waals surface area contributed by atoms with Crippen molar-refractivity contribution < 1.29 is 9.53 Å². The first kappa shape index (κ1) is 8.30. The minimum Gasteiger partial charge on any atom is -0.493 e. The normalized spacial score (nSPS) is 20.2. The molecule has 0 N–H and O–H groups in total. The number of hydrogen-bond donors (Lipinski definition) is 0. The molecule has 68 valence electrons. The van der Waals surface area contributed by atoms with E-state index in [4.69, 9.17) is 4.74 Å². The summed E-state index contributed by atoms with van der Waals surface area (Å²) in [6, 6.07) is 7.77. The molecule has 13 heavy (non-hydrogen) atoms. The van der Waals surface area contributed by atoms with E-state index in [-0.39, 0.29) is 11.7 Å². The summed E-state index contributed by atoms with van der Waals surface area (Å²) in [7, 11) is 0. The van der Waals surface area contributed by atoms with Crippen LogP contribution in [0.1, 0.15) is 24.8 Å². The van der Waals surface area contributed by atoms with Crippen LogP contribution in [0.3, 0.4) is 0 Å². The van der Waals surface area contributed by atoms with Crippen LogP contribution in [0.25, 0.3) is 0 Å². The molecule has 2 heteroatoms. The zero-order valence-electron chi connectivity index (χ0n) is 7.62. The molecule has 1 heterocycles. The van der Waals surface area contributed by atoms with Crippen LogP contribution < -0.4 is 4.74 Å². The number of carbonyl (C=O) groups is 1. The fourth-order valence-corrected chi connectivity index (χ4v) is 1.76. The van der Waals surface area contributed by atoms with Crippen LogP contribution >= 0.6 is 0 Å². The van der Waals surface area contributed by atoms with E-state index in [0.29, 0.717) is 6.61 Å². The van der Waals surface area contributed by atoms with Gasteiger partial charge in [-0.1, -0.05) is 18.2 Å². The lowest BCUT2D eigenvalue weighted by atomic mass is 9.90. The molecule has 1 atom stereocenters. The first-order valence-electron chi connectivity index (χ1n) is 4.51. The van der Waals surface area contributed by atoms with Crippen molar-refractivity contribution in [2.45, 2.75) is 19.3 Å². The molecule has 0 fully saturated rings. The maximum absolute atomic E-state index is 11.3. The van der Waals surface area contributed by atoms with E-state index in [1.165, 1.54) is 0 Å². The lowest BCUT2D eigenvalue weighted by molar-refractivity contribution is -0.119. The molecule has 0 amide bonds. The summed E-state index contributed by atoms with van der Waals surface area (Å²) in [6.07, 6.45) is 0.812. The molecule has 0 saturated carbocycles. The molecule has 1 aromatic carbocycles. The van der Waals surface area contributed by atoms with Crippen LogP contribution in [0.15, 0.2) is 24.3 Å². The first-order chi connectivity index (χ1) is 6.29. The molecule has 1 aliphatic heterocycles.